The zero-order chi connectivity index (χ0) is 17.1. The van der Waals surface area contributed by atoms with Gasteiger partial charge >= 0.3 is 0 Å². The van der Waals surface area contributed by atoms with Gasteiger partial charge < -0.3 is 10.2 Å². The van der Waals surface area contributed by atoms with E-state index in [9.17, 15) is 9.59 Å². The maximum Gasteiger partial charge on any atom is 0.274 e. The number of carbonyl (C=O) groups excluding carboxylic acids is 2. The fourth-order valence-electron chi connectivity index (χ4n) is 2.89. The first-order chi connectivity index (χ1) is 11.6. The number of hydrogen-bond donors (Lipinski definition) is 1. The average Bonchev–Trinajstić information content (AvgIpc) is 2.57. The molecule has 122 valence electrons. The SMILES string of the molecule is Cc1ccc(C(=O)C=C2NCCN(c3ccccc3)C2=O)c(C)c1. The monoisotopic (exact) mass is 320 g/mol. The van der Waals surface area contributed by atoms with Crippen molar-refractivity contribution in [3.05, 3.63) is 77.0 Å². The molecule has 0 aliphatic carbocycles. The Kier molecular flexibility index (Phi) is 4.47. The highest BCUT2D eigenvalue weighted by Crippen LogP contribution is 2.18. The van der Waals surface area contributed by atoms with Crippen LogP contribution in [0.4, 0.5) is 5.69 Å². The Balaban J connectivity index is 1.86. The topological polar surface area (TPSA) is 49.4 Å². The molecule has 1 fully saturated rings. The number of anilines is 1. The van der Waals surface area contributed by atoms with Crippen molar-refractivity contribution in [2.24, 2.45) is 0 Å². The first kappa shape index (κ1) is 16.0. The van der Waals surface area contributed by atoms with Gasteiger partial charge in [-0.05, 0) is 31.5 Å². The number of amides is 1. The van der Waals surface area contributed by atoms with Gasteiger partial charge in [-0.25, -0.2) is 0 Å². The van der Waals surface area contributed by atoms with Gasteiger partial charge in [-0.2, -0.15) is 0 Å². The second kappa shape index (κ2) is 6.71. The second-order valence-electron chi connectivity index (χ2n) is 5.96. The Morgan fingerprint density at radius 3 is 2.58 bits per heavy atom. The van der Waals surface area contributed by atoms with Crippen LogP contribution in [0.5, 0.6) is 0 Å². The third-order valence-electron chi connectivity index (χ3n) is 4.12. The Hall–Kier alpha value is -2.88. The van der Waals surface area contributed by atoms with Crippen LogP contribution in [0.1, 0.15) is 21.5 Å². The van der Waals surface area contributed by atoms with Crippen molar-refractivity contribution in [2.45, 2.75) is 13.8 Å². The number of benzene rings is 2. The maximum absolute atomic E-state index is 12.7. The van der Waals surface area contributed by atoms with E-state index in [4.69, 9.17) is 0 Å². The predicted molar refractivity (Wildman–Crippen MR) is 95.1 cm³/mol. The van der Waals surface area contributed by atoms with Crippen LogP contribution < -0.4 is 10.2 Å². The average molecular weight is 320 g/mol. The van der Waals surface area contributed by atoms with Gasteiger partial charge in [0.15, 0.2) is 5.78 Å². The molecule has 0 atom stereocenters. The lowest BCUT2D eigenvalue weighted by Crippen LogP contribution is -2.46. The summed E-state index contributed by atoms with van der Waals surface area (Å²) >= 11 is 0. The lowest BCUT2D eigenvalue weighted by Gasteiger charge is -2.29. The molecule has 0 bridgehead atoms. The number of piperazine rings is 1. The van der Waals surface area contributed by atoms with Crippen molar-refractivity contribution in [1.29, 1.82) is 0 Å². The number of allylic oxidation sites excluding steroid dienone is 1. The van der Waals surface area contributed by atoms with Gasteiger partial charge in [0.2, 0.25) is 0 Å². The van der Waals surface area contributed by atoms with Crippen LogP contribution in [0.15, 0.2) is 60.3 Å². The van der Waals surface area contributed by atoms with Gasteiger partial charge in [-0.3, -0.25) is 9.59 Å². The Morgan fingerprint density at radius 1 is 1.12 bits per heavy atom. The largest absolute Gasteiger partial charge is 0.379 e. The molecule has 0 radical (unpaired) electrons. The van der Waals surface area contributed by atoms with E-state index >= 15 is 0 Å². The normalized spacial score (nSPS) is 16.2. The fourth-order valence-corrected chi connectivity index (χ4v) is 2.89. The van der Waals surface area contributed by atoms with Crippen LogP contribution in [0.25, 0.3) is 0 Å². The first-order valence-electron chi connectivity index (χ1n) is 8.00. The van der Waals surface area contributed by atoms with Crippen LogP contribution in [0.3, 0.4) is 0 Å². The number of nitrogens with zero attached hydrogens (tertiary/aromatic N) is 1. The van der Waals surface area contributed by atoms with E-state index in [1.807, 2.05) is 62.4 Å². The molecular formula is C20H20N2O2. The summed E-state index contributed by atoms with van der Waals surface area (Å²) in [6, 6.07) is 15.2. The number of para-hydroxylation sites is 1. The van der Waals surface area contributed by atoms with Crippen molar-refractivity contribution in [3.8, 4) is 0 Å². The molecule has 1 amide bonds. The zero-order valence-corrected chi connectivity index (χ0v) is 13.9. The molecule has 1 aliphatic rings. The molecule has 2 aromatic carbocycles. The number of rotatable bonds is 3. The number of carbonyl (C=O) groups is 2. The van der Waals surface area contributed by atoms with E-state index in [-0.39, 0.29) is 11.7 Å². The predicted octanol–water partition coefficient (Wildman–Crippen LogP) is 3.01. The van der Waals surface area contributed by atoms with Gasteiger partial charge in [-0.15, -0.1) is 0 Å². The lowest BCUT2D eigenvalue weighted by molar-refractivity contribution is -0.116. The van der Waals surface area contributed by atoms with Crippen LogP contribution in [0.2, 0.25) is 0 Å². The van der Waals surface area contributed by atoms with Gasteiger partial charge in [0.05, 0.1) is 0 Å². The summed E-state index contributed by atoms with van der Waals surface area (Å²) in [5.41, 5.74) is 3.84. The summed E-state index contributed by atoms with van der Waals surface area (Å²) in [6.07, 6.45) is 1.41. The third-order valence-corrected chi connectivity index (χ3v) is 4.12. The number of ketones is 1. The molecule has 24 heavy (non-hydrogen) atoms. The molecule has 1 N–H and O–H groups in total. The number of nitrogens with one attached hydrogen (secondary N) is 1. The van der Waals surface area contributed by atoms with E-state index in [2.05, 4.69) is 5.32 Å². The Morgan fingerprint density at radius 2 is 1.88 bits per heavy atom. The Bertz CT molecular complexity index is 810. The molecule has 0 spiro atoms. The van der Waals surface area contributed by atoms with Crippen molar-refractivity contribution in [1.82, 2.24) is 5.32 Å². The van der Waals surface area contributed by atoms with Gasteiger partial charge in [0.25, 0.3) is 5.91 Å². The van der Waals surface area contributed by atoms with E-state index in [0.717, 1.165) is 16.8 Å². The molecule has 0 saturated carbocycles. The minimum atomic E-state index is -0.175. The molecule has 4 heteroatoms. The molecule has 1 saturated heterocycles. The highest BCUT2D eigenvalue weighted by molar-refractivity contribution is 6.13. The van der Waals surface area contributed by atoms with Crippen LogP contribution in [-0.2, 0) is 4.79 Å². The zero-order valence-electron chi connectivity index (χ0n) is 13.9. The summed E-state index contributed by atoms with van der Waals surface area (Å²) < 4.78 is 0. The highest BCUT2D eigenvalue weighted by atomic mass is 16.2. The minimum Gasteiger partial charge on any atom is -0.379 e. The number of aryl methyl sites for hydroxylation is 2. The standard InChI is InChI=1S/C20H20N2O2/c1-14-8-9-17(15(2)12-14)19(23)13-18-20(24)22(11-10-21-18)16-6-4-3-5-7-16/h3-9,12-13,21H,10-11H2,1-2H3. The molecule has 0 aromatic heterocycles. The first-order valence-corrected chi connectivity index (χ1v) is 8.00. The molecule has 1 heterocycles. The summed E-state index contributed by atoms with van der Waals surface area (Å²) in [4.78, 5) is 26.9. The Labute approximate surface area is 141 Å². The smallest absolute Gasteiger partial charge is 0.274 e. The van der Waals surface area contributed by atoms with E-state index in [1.165, 1.54) is 6.08 Å². The van der Waals surface area contributed by atoms with E-state index in [0.29, 0.717) is 24.4 Å². The fraction of sp³-hybridized carbons (Fsp3) is 0.200. The molecule has 2 aromatic rings. The lowest BCUT2D eigenvalue weighted by atomic mass is 10.0. The summed E-state index contributed by atoms with van der Waals surface area (Å²) in [5, 5.41) is 3.05. The van der Waals surface area contributed by atoms with Crippen molar-refractivity contribution in [3.63, 3.8) is 0 Å². The van der Waals surface area contributed by atoms with Gasteiger partial charge in [0.1, 0.15) is 5.70 Å². The summed E-state index contributed by atoms with van der Waals surface area (Å²) in [7, 11) is 0. The van der Waals surface area contributed by atoms with Crippen LogP contribution >= 0.6 is 0 Å². The molecular weight excluding hydrogens is 300 g/mol. The van der Waals surface area contributed by atoms with Crippen molar-refractivity contribution < 1.29 is 9.59 Å². The molecule has 3 rings (SSSR count). The van der Waals surface area contributed by atoms with E-state index < -0.39 is 0 Å². The van der Waals surface area contributed by atoms with Crippen molar-refractivity contribution >= 4 is 17.4 Å². The maximum atomic E-state index is 12.7. The van der Waals surface area contributed by atoms with E-state index in [1.54, 1.807) is 4.90 Å². The van der Waals surface area contributed by atoms with Crippen molar-refractivity contribution in [2.75, 3.05) is 18.0 Å². The highest BCUT2D eigenvalue weighted by Gasteiger charge is 2.25. The summed E-state index contributed by atoms with van der Waals surface area (Å²) in [6.45, 7) is 5.10. The van der Waals surface area contributed by atoms with Crippen LogP contribution in [-0.4, -0.2) is 24.8 Å². The van der Waals surface area contributed by atoms with Gasteiger partial charge in [-0.1, -0.05) is 42.0 Å². The molecule has 0 unspecified atom stereocenters. The second-order valence-corrected chi connectivity index (χ2v) is 5.96. The number of hydrogen-bond acceptors (Lipinski definition) is 3. The van der Waals surface area contributed by atoms with Crippen LogP contribution in [0, 0.1) is 13.8 Å². The molecule has 4 nitrogen and oxygen atoms in total. The van der Waals surface area contributed by atoms with Gasteiger partial charge in [0, 0.05) is 30.4 Å². The summed E-state index contributed by atoms with van der Waals surface area (Å²) in [5.74, 6) is -0.330. The third kappa shape index (κ3) is 3.23. The quantitative estimate of drug-likeness (QED) is 0.698. The minimum absolute atomic E-state index is 0.154. The molecule has 1 aliphatic heterocycles.